The van der Waals surface area contributed by atoms with E-state index in [2.05, 4.69) is 5.32 Å². The summed E-state index contributed by atoms with van der Waals surface area (Å²) in [7, 11) is 0. The Hall–Kier alpha value is -3.68. The molecule has 1 saturated heterocycles. The van der Waals surface area contributed by atoms with Gasteiger partial charge in [0.05, 0.1) is 12.2 Å². The van der Waals surface area contributed by atoms with E-state index in [1.807, 2.05) is 0 Å². The zero-order valence-electron chi connectivity index (χ0n) is 17.2. The zero-order valence-corrected chi connectivity index (χ0v) is 17.2. The van der Waals surface area contributed by atoms with Crippen LogP contribution in [0.4, 0.5) is 8.78 Å². The summed E-state index contributed by atoms with van der Waals surface area (Å²) in [5.74, 6) is -1.96. The number of amides is 2. The van der Waals surface area contributed by atoms with Crippen molar-refractivity contribution in [2.45, 2.75) is 19.4 Å². The lowest BCUT2D eigenvalue weighted by Crippen LogP contribution is -2.45. The average molecular weight is 440 g/mol. The van der Waals surface area contributed by atoms with Gasteiger partial charge in [-0.1, -0.05) is 18.2 Å². The maximum absolute atomic E-state index is 14.4. The second kappa shape index (κ2) is 9.64. The third kappa shape index (κ3) is 4.96. The quantitative estimate of drug-likeness (QED) is 0.612. The van der Waals surface area contributed by atoms with Crippen molar-refractivity contribution in [2.75, 3.05) is 13.1 Å². The van der Waals surface area contributed by atoms with E-state index in [-0.39, 0.29) is 41.5 Å². The summed E-state index contributed by atoms with van der Waals surface area (Å²) in [6, 6.07) is 13.2. The Bertz CT molecular complexity index is 1100. The number of para-hydroxylation sites is 1. The fourth-order valence-electron chi connectivity index (χ4n) is 3.65. The van der Waals surface area contributed by atoms with Crippen LogP contribution in [0, 0.1) is 17.6 Å². The van der Waals surface area contributed by atoms with Crippen LogP contribution >= 0.6 is 0 Å². The van der Waals surface area contributed by atoms with Crippen molar-refractivity contribution in [1.29, 1.82) is 0 Å². The molecule has 1 atom stereocenters. The molecule has 1 N–H and O–H groups in total. The third-order valence-electron chi connectivity index (χ3n) is 5.33. The number of furan rings is 1. The molecule has 1 aromatic heterocycles. The van der Waals surface area contributed by atoms with Crippen LogP contribution in [0.2, 0.25) is 0 Å². The molecular formula is C24H22F2N2O4. The normalized spacial score (nSPS) is 15.9. The second-order valence-corrected chi connectivity index (χ2v) is 7.58. The summed E-state index contributed by atoms with van der Waals surface area (Å²) < 4.78 is 38.6. The Morgan fingerprint density at radius 3 is 2.62 bits per heavy atom. The van der Waals surface area contributed by atoms with Gasteiger partial charge in [-0.3, -0.25) is 9.59 Å². The molecule has 2 amide bonds. The molecule has 4 rings (SSSR count). The van der Waals surface area contributed by atoms with E-state index in [9.17, 15) is 18.4 Å². The summed E-state index contributed by atoms with van der Waals surface area (Å²) in [6.45, 7) is 0.992. The lowest BCUT2D eigenvalue weighted by Gasteiger charge is -2.31. The number of benzene rings is 2. The van der Waals surface area contributed by atoms with E-state index in [1.165, 1.54) is 36.6 Å². The van der Waals surface area contributed by atoms with E-state index in [0.717, 1.165) is 0 Å². The molecule has 3 aromatic rings. The summed E-state index contributed by atoms with van der Waals surface area (Å²) in [5, 5.41) is 2.80. The largest absolute Gasteiger partial charge is 0.459 e. The van der Waals surface area contributed by atoms with Crippen molar-refractivity contribution in [3.8, 4) is 11.5 Å². The predicted molar refractivity (Wildman–Crippen MR) is 112 cm³/mol. The number of nitrogens with zero attached hydrogens (tertiary/aromatic N) is 1. The van der Waals surface area contributed by atoms with E-state index < -0.39 is 11.6 Å². The zero-order chi connectivity index (χ0) is 22.5. The van der Waals surface area contributed by atoms with Gasteiger partial charge in [0.25, 0.3) is 5.91 Å². The van der Waals surface area contributed by atoms with Crippen molar-refractivity contribution in [3.05, 3.63) is 83.8 Å². The summed E-state index contributed by atoms with van der Waals surface area (Å²) in [4.78, 5) is 26.7. The fraction of sp³-hybridized carbons (Fsp3) is 0.250. The lowest BCUT2D eigenvalue weighted by atomic mass is 9.96. The SMILES string of the molecule is O=C(NCc1ccc(Oc2ccccc2F)c(F)c1)C1CCCN(C(=O)c2ccco2)C1. The van der Waals surface area contributed by atoms with Gasteiger partial charge in [0.1, 0.15) is 0 Å². The Morgan fingerprint density at radius 1 is 1.06 bits per heavy atom. The maximum Gasteiger partial charge on any atom is 0.289 e. The Morgan fingerprint density at radius 2 is 1.88 bits per heavy atom. The molecule has 2 heterocycles. The van der Waals surface area contributed by atoms with Gasteiger partial charge in [-0.2, -0.15) is 0 Å². The number of rotatable bonds is 6. The number of likely N-dealkylation sites (tertiary alicyclic amines) is 1. The minimum atomic E-state index is -0.659. The van der Waals surface area contributed by atoms with Gasteiger partial charge < -0.3 is 19.4 Å². The van der Waals surface area contributed by atoms with E-state index in [1.54, 1.807) is 29.2 Å². The summed E-state index contributed by atoms with van der Waals surface area (Å²) >= 11 is 0. The molecule has 32 heavy (non-hydrogen) atoms. The van der Waals surface area contributed by atoms with Crippen LogP contribution in [0.15, 0.2) is 65.3 Å². The van der Waals surface area contributed by atoms with Crippen molar-refractivity contribution in [3.63, 3.8) is 0 Å². The molecule has 1 aliphatic rings. The van der Waals surface area contributed by atoms with Gasteiger partial charge >= 0.3 is 0 Å². The molecule has 1 aliphatic heterocycles. The molecule has 166 valence electrons. The van der Waals surface area contributed by atoms with E-state index in [4.69, 9.17) is 9.15 Å². The average Bonchev–Trinajstić information content (AvgIpc) is 3.35. The molecule has 0 bridgehead atoms. The molecule has 1 fully saturated rings. The number of piperidine rings is 1. The number of carbonyl (C=O) groups excluding carboxylic acids is 2. The molecular weight excluding hydrogens is 418 g/mol. The topological polar surface area (TPSA) is 71.8 Å². The highest BCUT2D eigenvalue weighted by Crippen LogP contribution is 2.27. The van der Waals surface area contributed by atoms with Crippen LogP contribution in [0.5, 0.6) is 11.5 Å². The maximum atomic E-state index is 14.4. The van der Waals surface area contributed by atoms with Gasteiger partial charge in [-0.05, 0) is 54.8 Å². The standard InChI is InChI=1S/C24H22F2N2O4/c25-18-6-1-2-7-20(18)32-21-10-9-16(13-19(21)26)14-27-23(29)17-5-3-11-28(15-17)24(30)22-8-4-12-31-22/h1-2,4,6-10,12-13,17H,3,5,11,14-15H2,(H,27,29). The minimum absolute atomic E-state index is 0.0709. The molecule has 8 heteroatoms. The monoisotopic (exact) mass is 440 g/mol. The third-order valence-corrected chi connectivity index (χ3v) is 5.33. The van der Waals surface area contributed by atoms with Gasteiger partial charge in [-0.15, -0.1) is 0 Å². The first-order chi connectivity index (χ1) is 15.5. The summed E-state index contributed by atoms with van der Waals surface area (Å²) in [6.07, 6.45) is 2.81. The van der Waals surface area contributed by atoms with Gasteiger partial charge in [0.2, 0.25) is 5.91 Å². The number of hydrogen-bond acceptors (Lipinski definition) is 4. The molecule has 0 radical (unpaired) electrons. The number of halogens is 2. The number of ether oxygens (including phenoxy) is 1. The first-order valence-electron chi connectivity index (χ1n) is 10.3. The lowest BCUT2D eigenvalue weighted by molar-refractivity contribution is -0.126. The van der Waals surface area contributed by atoms with Crippen LogP contribution in [0.3, 0.4) is 0 Å². The Kier molecular flexibility index (Phi) is 6.49. The van der Waals surface area contributed by atoms with Crippen LogP contribution in [0.1, 0.15) is 29.0 Å². The summed E-state index contributed by atoms with van der Waals surface area (Å²) in [5.41, 5.74) is 0.538. The van der Waals surface area contributed by atoms with Crippen molar-refractivity contribution in [2.24, 2.45) is 5.92 Å². The van der Waals surface area contributed by atoms with Gasteiger partial charge in [-0.25, -0.2) is 8.78 Å². The van der Waals surface area contributed by atoms with Gasteiger partial charge in [0.15, 0.2) is 28.9 Å². The van der Waals surface area contributed by atoms with Crippen LogP contribution in [-0.4, -0.2) is 29.8 Å². The first kappa shape index (κ1) is 21.5. The van der Waals surface area contributed by atoms with E-state index >= 15 is 0 Å². The highest BCUT2D eigenvalue weighted by molar-refractivity contribution is 5.92. The Balaban J connectivity index is 1.33. The minimum Gasteiger partial charge on any atom is -0.459 e. The van der Waals surface area contributed by atoms with Crippen molar-refractivity contribution in [1.82, 2.24) is 10.2 Å². The molecule has 0 spiro atoms. The molecule has 0 saturated carbocycles. The van der Waals surface area contributed by atoms with Gasteiger partial charge in [0, 0.05) is 19.6 Å². The Labute approximate surface area is 183 Å². The molecule has 0 aliphatic carbocycles. The van der Waals surface area contributed by atoms with Crippen LogP contribution in [-0.2, 0) is 11.3 Å². The van der Waals surface area contributed by atoms with Crippen LogP contribution < -0.4 is 10.1 Å². The smallest absolute Gasteiger partial charge is 0.289 e. The highest BCUT2D eigenvalue weighted by Gasteiger charge is 2.29. The predicted octanol–water partition coefficient (Wildman–Crippen LogP) is 4.52. The first-order valence-corrected chi connectivity index (χ1v) is 10.3. The number of carbonyl (C=O) groups is 2. The molecule has 6 nitrogen and oxygen atoms in total. The number of hydrogen-bond donors (Lipinski definition) is 1. The van der Waals surface area contributed by atoms with Crippen molar-refractivity contribution >= 4 is 11.8 Å². The fourth-order valence-corrected chi connectivity index (χ4v) is 3.65. The van der Waals surface area contributed by atoms with Crippen molar-refractivity contribution < 1.29 is 27.5 Å². The molecule has 1 unspecified atom stereocenters. The van der Waals surface area contributed by atoms with Crippen LogP contribution in [0.25, 0.3) is 0 Å². The highest BCUT2D eigenvalue weighted by atomic mass is 19.1. The second-order valence-electron chi connectivity index (χ2n) is 7.58. The molecule has 2 aromatic carbocycles. The van der Waals surface area contributed by atoms with E-state index in [0.29, 0.717) is 31.5 Å². The number of nitrogens with one attached hydrogen (secondary N) is 1.